The molecule has 1 N–H and O–H groups in total. The molecule has 0 spiro atoms. The molecule has 1 saturated carbocycles. The van der Waals surface area contributed by atoms with Crippen molar-refractivity contribution in [1.29, 1.82) is 0 Å². The second-order valence-corrected chi connectivity index (χ2v) is 6.68. The highest BCUT2D eigenvalue weighted by atomic mass is 16.5. The summed E-state index contributed by atoms with van der Waals surface area (Å²) in [6, 6.07) is 7.78. The summed E-state index contributed by atoms with van der Waals surface area (Å²) in [6.07, 6.45) is 6.06. The van der Waals surface area contributed by atoms with Crippen LogP contribution in [0.15, 0.2) is 24.3 Å². The van der Waals surface area contributed by atoms with Crippen molar-refractivity contribution in [3.63, 3.8) is 0 Å². The van der Waals surface area contributed by atoms with Crippen LogP contribution in [0.4, 0.5) is 5.69 Å². The molecule has 5 heteroatoms. The Morgan fingerprint density at radius 1 is 1.21 bits per heavy atom. The number of hydrogen-bond donors (Lipinski definition) is 1. The van der Waals surface area contributed by atoms with Crippen molar-refractivity contribution in [1.82, 2.24) is 5.32 Å². The fourth-order valence-electron chi connectivity index (χ4n) is 3.59. The van der Waals surface area contributed by atoms with Crippen LogP contribution in [0.2, 0.25) is 0 Å². The summed E-state index contributed by atoms with van der Waals surface area (Å²) in [4.78, 5) is 26.5. The summed E-state index contributed by atoms with van der Waals surface area (Å²) in [6.45, 7) is 3.02. The first-order valence-electron chi connectivity index (χ1n) is 9.01. The van der Waals surface area contributed by atoms with Gasteiger partial charge in [-0.25, -0.2) is 0 Å². The molecule has 0 bridgehead atoms. The monoisotopic (exact) mass is 330 g/mol. The van der Waals surface area contributed by atoms with Gasteiger partial charge in [-0.05, 0) is 44.0 Å². The van der Waals surface area contributed by atoms with E-state index in [0.29, 0.717) is 25.6 Å². The average molecular weight is 330 g/mol. The molecular formula is C19H26N2O3. The number of hydrogen-bond acceptors (Lipinski definition) is 3. The molecule has 1 aliphatic heterocycles. The summed E-state index contributed by atoms with van der Waals surface area (Å²) >= 11 is 0. The lowest BCUT2D eigenvalue weighted by Gasteiger charge is -2.24. The lowest BCUT2D eigenvalue weighted by molar-refractivity contribution is -0.127. The van der Waals surface area contributed by atoms with Gasteiger partial charge >= 0.3 is 0 Å². The molecule has 1 saturated heterocycles. The zero-order valence-corrected chi connectivity index (χ0v) is 14.3. The van der Waals surface area contributed by atoms with Crippen molar-refractivity contribution < 1.29 is 14.3 Å². The molecule has 1 aromatic carbocycles. The maximum atomic E-state index is 12.5. The van der Waals surface area contributed by atoms with Crippen LogP contribution >= 0.6 is 0 Å². The molecule has 0 unspecified atom stereocenters. The maximum Gasteiger partial charge on any atom is 0.227 e. The number of carbonyl (C=O) groups excluding carboxylic acids is 2. The van der Waals surface area contributed by atoms with Gasteiger partial charge < -0.3 is 15.0 Å². The second-order valence-electron chi connectivity index (χ2n) is 6.68. The van der Waals surface area contributed by atoms with Crippen molar-refractivity contribution in [2.75, 3.05) is 18.1 Å². The van der Waals surface area contributed by atoms with Gasteiger partial charge in [0.15, 0.2) is 0 Å². The molecule has 0 radical (unpaired) electrons. The van der Waals surface area contributed by atoms with Crippen LogP contribution < -0.4 is 15.0 Å². The van der Waals surface area contributed by atoms with Crippen LogP contribution in [0.5, 0.6) is 5.75 Å². The molecule has 3 rings (SSSR count). The molecule has 1 aliphatic carbocycles. The van der Waals surface area contributed by atoms with Crippen LogP contribution in [-0.2, 0) is 9.59 Å². The van der Waals surface area contributed by atoms with E-state index < -0.39 is 0 Å². The average Bonchev–Trinajstić information content (AvgIpc) is 2.99. The van der Waals surface area contributed by atoms with Gasteiger partial charge in [-0.15, -0.1) is 0 Å². The molecule has 2 aliphatic rings. The van der Waals surface area contributed by atoms with Crippen LogP contribution in [0.3, 0.4) is 0 Å². The Bertz CT molecular complexity index is 579. The minimum absolute atomic E-state index is 0.0166. The summed E-state index contributed by atoms with van der Waals surface area (Å²) < 4.78 is 5.43. The Morgan fingerprint density at radius 2 is 1.92 bits per heavy atom. The number of ether oxygens (including phenoxy) is 1. The number of carbonyl (C=O) groups is 2. The highest BCUT2D eigenvalue weighted by Gasteiger charge is 2.35. The van der Waals surface area contributed by atoms with Gasteiger partial charge in [-0.2, -0.15) is 0 Å². The third-order valence-corrected chi connectivity index (χ3v) is 4.91. The topological polar surface area (TPSA) is 58.6 Å². The predicted molar refractivity (Wildman–Crippen MR) is 93.1 cm³/mol. The van der Waals surface area contributed by atoms with E-state index >= 15 is 0 Å². The largest absolute Gasteiger partial charge is 0.494 e. The second kappa shape index (κ2) is 7.69. The van der Waals surface area contributed by atoms with Crippen LogP contribution in [0, 0.1) is 5.92 Å². The Kier molecular flexibility index (Phi) is 5.38. The summed E-state index contributed by atoms with van der Waals surface area (Å²) in [5, 5.41) is 3.14. The van der Waals surface area contributed by atoms with Gasteiger partial charge in [0, 0.05) is 24.7 Å². The number of benzene rings is 1. The maximum absolute atomic E-state index is 12.5. The molecule has 2 amide bonds. The molecule has 1 heterocycles. The third kappa shape index (κ3) is 3.89. The summed E-state index contributed by atoms with van der Waals surface area (Å²) in [7, 11) is 0. The Hall–Kier alpha value is -2.04. The van der Waals surface area contributed by atoms with Crippen molar-refractivity contribution in [2.24, 2.45) is 5.92 Å². The van der Waals surface area contributed by atoms with Gasteiger partial charge in [0.05, 0.1) is 12.5 Å². The van der Waals surface area contributed by atoms with Crippen molar-refractivity contribution >= 4 is 17.5 Å². The molecule has 1 aromatic rings. The Balaban J connectivity index is 1.59. The van der Waals surface area contributed by atoms with E-state index in [0.717, 1.165) is 24.3 Å². The van der Waals surface area contributed by atoms with E-state index in [9.17, 15) is 9.59 Å². The Labute approximate surface area is 143 Å². The lowest BCUT2D eigenvalue weighted by Crippen LogP contribution is -2.40. The summed E-state index contributed by atoms with van der Waals surface area (Å²) in [5.74, 6) is 0.595. The number of nitrogens with zero attached hydrogens (tertiary/aromatic N) is 1. The quantitative estimate of drug-likeness (QED) is 0.903. The van der Waals surface area contributed by atoms with Crippen LogP contribution in [-0.4, -0.2) is 31.0 Å². The van der Waals surface area contributed by atoms with Gasteiger partial charge in [0.2, 0.25) is 11.8 Å². The van der Waals surface area contributed by atoms with Crippen molar-refractivity contribution in [3.05, 3.63) is 24.3 Å². The molecule has 0 aromatic heterocycles. The van der Waals surface area contributed by atoms with Crippen LogP contribution in [0.1, 0.15) is 45.4 Å². The smallest absolute Gasteiger partial charge is 0.227 e. The highest BCUT2D eigenvalue weighted by Crippen LogP contribution is 2.27. The molecule has 24 heavy (non-hydrogen) atoms. The standard InChI is InChI=1S/C19H26N2O3/c1-2-24-17-10-8-16(9-11-17)21-13-14(12-18(21)22)19(23)20-15-6-4-3-5-7-15/h8-11,14-15H,2-7,12-13H2,1H3,(H,20,23)/t14-/m0/s1. The first-order valence-corrected chi connectivity index (χ1v) is 9.01. The van der Waals surface area contributed by atoms with Crippen LogP contribution in [0.25, 0.3) is 0 Å². The van der Waals surface area contributed by atoms with E-state index in [1.165, 1.54) is 19.3 Å². The highest BCUT2D eigenvalue weighted by molar-refractivity contribution is 6.00. The Morgan fingerprint density at radius 3 is 2.58 bits per heavy atom. The van der Waals surface area contributed by atoms with Crippen molar-refractivity contribution in [3.8, 4) is 5.75 Å². The molecule has 1 atom stereocenters. The van der Waals surface area contributed by atoms with Crippen molar-refractivity contribution in [2.45, 2.75) is 51.5 Å². The fourth-order valence-corrected chi connectivity index (χ4v) is 3.59. The predicted octanol–water partition coefficient (Wildman–Crippen LogP) is 2.89. The lowest BCUT2D eigenvalue weighted by atomic mass is 9.95. The zero-order chi connectivity index (χ0) is 16.9. The van der Waals surface area contributed by atoms with E-state index in [2.05, 4.69) is 5.32 Å². The van der Waals surface area contributed by atoms with Gasteiger partial charge in [0.1, 0.15) is 5.75 Å². The van der Waals surface area contributed by atoms with E-state index in [1.54, 1.807) is 4.90 Å². The number of anilines is 1. The van der Waals surface area contributed by atoms with E-state index in [-0.39, 0.29) is 17.7 Å². The first-order chi connectivity index (χ1) is 11.7. The van der Waals surface area contributed by atoms with E-state index in [1.807, 2.05) is 31.2 Å². The zero-order valence-electron chi connectivity index (χ0n) is 14.3. The van der Waals surface area contributed by atoms with E-state index in [4.69, 9.17) is 4.74 Å². The van der Waals surface area contributed by atoms with Gasteiger partial charge in [-0.1, -0.05) is 19.3 Å². The SMILES string of the molecule is CCOc1ccc(N2C[C@@H](C(=O)NC3CCCCC3)CC2=O)cc1. The number of nitrogens with one attached hydrogen (secondary N) is 1. The van der Waals surface area contributed by atoms with Gasteiger partial charge in [0.25, 0.3) is 0 Å². The normalized spacial score (nSPS) is 21.8. The number of rotatable bonds is 5. The third-order valence-electron chi connectivity index (χ3n) is 4.91. The molecule has 130 valence electrons. The fraction of sp³-hybridized carbons (Fsp3) is 0.579. The number of amides is 2. The molecular weight excluding hydrogens is 304 g/mol. The minimum Gasteiger partial charge on any atom is -0.494 e. The molecule has 2 fully saturated rings. The minimum atomic E-state index is -0.244. The molecule has 5 nitrogen and oxygen atoms in total. The summed E-state index contributed by atoms with van der Waals surface area (Å²) in [5.41, 5.74) is 0.830. The van der Waals surface area contributed by atoms with Gasteiger partial charge in [-0.3, -0.25) is 9.59 Å². The first kappa shape index (κ1) is 16.8.